The maximum Gasteiger partial charge on any atom is 0.266 e. The second kappa shape index (κ2) is 9.40. The minimum atomic E-state index is -0.260. The third kappa shape index (κ3) is 4.60. The normalized spacial score (nSPS) is 12.1. The fraction of sp³-hybridized carbons (Fsp3) is 0.250. The molecule has 164 valence electrons. The summed E-state index contributed by atoms with van der Waals surface area (Å²) in [6.45, 7) is 6.08. The van der Waals surface area contributed by atoms with Crippen LogP contribution in [0.5, 0.6) is 0 Å². The second-order valence-electron chi connectivity index (χ2n) is 7.61. The van der Waals surface area contributed by atoms with Gasteiger partial charge in [-0.1, -0.05) is 55.0 Å². The van der Waals surface area contributed by atoms with E-state index in [0.717, 1.165) is 12.1 Å². The van der Waals surface area contributed by atoms with Gasteiger partial charge in [0.2, 0.25) is 5.91 Å². The lowest BCUT2D eigenvalue weighted by molar-refractivity contribution is -0.113. The molecule has 4 aromatic rings. The number of hydrogen-bond donors (Lipinski definition) is 1. The number of thioether (sulfide) groups is 1. The van der Waals surface area contributed by atoms with Crippen molar-refractivity contribution < 1.29 is 9.32 Å². The van der Waals surface area contributed by atoms with Crippen LogP contribution >= 0.6 is 11.8 Å². The third-order valence-corrected chi connectivity index (χ3v) is 6.24. The van der Waals surface area contributed by atoms with Crippen LogP contribution in [0.15, 0.2) is 69.1 Å². The molecule has 0 bridgehead atoms. The number of nitrogens with zero attached hydrogens (tertiary/aromatic N) is 3. The van der Waals surface area contributed by atoms with Crippen LogP contribution in [0.25, 0.3) is 16.6 Å². The van der Waals surface area contributed by atoms with E-state index in [1.807, 2.05) is 36.4 Å². The molecule has 1 atom stereocenters. The van der Waals surface area contributed by atoms with Gasteiger partial charge in [0.15, 0.2) is 11.0 Å². The zero-order valence-corrected chi connectivity index (χ0v) is 19.0. The number of fused-ring (bicyclic) bond motifs is 1. The van der Waals surface area contributed by atoms with Crippen LogP contribution in [0, 0.1) is 6.92 Å². The van der Waals surface area contributed by atoms with Gasteiger partial charge in [0.1, 0.15) is 5.76 Å². The molecule has 0 fully saturated rings. The van der Waals surface area contributed by atoms with E-state index in [2.05, 4.69) is 29.3 Å². The number of carbonyl (C=O) groups excluding carboxylic acids is 1. The van der Waals surface area contributed by atoms with Gasteiger partial charge in [-0.05, 0) is 49.1 Å². The van der Waals surface area contributed by atoms with Gasteiger partial charge in [-0.3, -0.25) is 14.2 Å². The summed E-state index contributed by atoms with van der Waals surface area (Å²) in [7, 11) is 0. The number of rotatable bonds is 7. The molecule has 0 aliphatic carbocycles. The number of aryl methyl sites for hydroxylation is 1. The summed E-state index contributed by atoms with van der Waals surface area (Å²) in [5.74, 6) is 1.22. The molecule has 8 heteroatoms. The third-order valence-electron chi connectivity index (χ3n) is 5.31. The standard InChI is InChI=1S/C24H24N4O3S/c1-4-15(2)17-9-11-18(12-10-17)28-23(30)19-7-5-6-8-20(19)25-24(28)32-14-22(29)26-21-13-16(3)31-27-21/h5-13,15H,4,14H2,1-3H3,(H,26,27,29). The average Bonchev–Trinajstić information content (AvgIpc) is 3.21. The van der Waals surface area contributed by atoms with Crippen molar-refractivity contribution in [3.8, 4) is 5.69 Å². The summed E-state index contributed by atoms with van der Waals surface area (Å²) in [5, 5.41) is 7.45. The molecule has 7 nitrogen and oxygen atoms in total. The van der Waals surface area contributed by atoms with Gasteiger partial charge in [-0.2, -0.15) is 0 Å². The molecule has 2 aromatic heterocycles. The first-order chi connectivity index (χ1) is 15.5. The molecule has 32 heavy (non-hydrogen) atoms. The Balaban J connectivity index is 1.67. The van der Waals surface area contributed by atoms with Crippen molar-refractivity contribution in [3.05, 3.63) is 76.3 Å². The molecule has 4 rings (SSSR count). The van der Waals surface area contributed by atoms with Crippen LogP contribution in [-0.2, 0) is 4.79 Å². The monoisotopic (exact) mass is 448 g/mol. The van der Waals surface area contributed by atoms with Crippen molar-refractivity contribution in [2.45, 2.75) is 38.3 Å². The van der Waals surface area contributed by atoms with Gasteiger partial charge in [0.25, 0.3) is 5.56 Å². The minimum absolute atomic E-state index is 0.0711. The lowest BCUT2D eigenvalue weighted by Crippen LogP contribution is -2.23. The lowest BCUT2D eigenvalue weighted by atomic mass is 9.98. The van der Waals surface area contributed by atoms with Crippen molar-refractivity contribution in [1.82, 2.24) is 14.7 Å². The van der Waals surface area contributed by atoms with Crippen LogP contribution in [-0.4, -0.2) is 26.4 Å². The van der Waals surface area contributed by atoms with Crippen molar-refractivity contribution in [1.29, 1.82) is 0 Å². The Morgan fingerprint density at radius 2 is 1.94 bits per heavy atom. The molecule has 0 aliphatic heterocycles. The van der Waals surface area contributed by atoms with E-state index < -0.39 is 0 Å². The van der Waals surface area contributed by atoms with Gasteiger partial charge in [0, 0.05) is 6.07 Å². The van der Waals surface area contributed by atoms with E-state index in [1.54, 1.807) is 29.7 Å². The van der Waals surface area contributed by atoms with E-state index in [1.165, 1.54) is 17.3 Å². The highest BCUT2D eigenvalue weighted by atomic mass is 32.2. The largest absolute Gasteiger partial charge is 0.360 e. The van der Waals surface area contributed by atoms with Crippen molar-refractivity contribution in [3.63, 3.8) is 0 Å². The highest BCUT2D eigenvalue weighted by Crippen LogP contribution is 2.24. The van der Waals surface area contributed by atoms with Crippen LogP contribution in [0.4, 0.5) is 5.82 Å². The Labute approximate surface area is 189 Å². The Bertz CT molecular complexity index is 1310. The number of hydrogen-bond acceptors (Lipinski definition) is 6. The number of amides is 1. The zero-order chi connectivity index (χ0) is 22.7. The van der Waals surface area contributed by atoms with Gasteiger partial charge in [-0.15, -0.1) is 0 Å². The van der Waals surface area contributed by atoms with Gasteiger partial charge >= 0.3 is 0 Å². The molecule has 1 unspecified atom stereocenters. The highest BCUT2D eigenvalue weighted by Gasteiger charge is 2.16. The summed E-state index contributed by atoms with van der Waals surface area (Å²) in [5.41, 5.74) is 2.37. The van der Waals surface area contributed by atoms with E-state index in [9.17, 15) is 9.59 Å². The molecule has 0 saturated heterocycles. The van der Waals surface area contributed by atoms with Gasteiger partial charge in [-0.25, -0.2) is 4.98 Å². The Hall–Kier alpha value is -3.39. The molecule has 1 N–H and O–H groups in total. The fourth-order valence-corrected chi connectivity index (χ4v) is 4.17. The Morgan fingerprint density at radius 3 is 2.62 bits per heavy atom. The number of carbonyl (C=O) groups is 1. The SMILES string of the molecule is CCC(C)c1ccc(-n2c(SCC(=O)Nc3cc(C)on3)nc3ccccc3c2=O)cc1. The predicted octanol–water partition coefficient (Wildman–Crippen LogP) is 4.93. The lowest BCUT2D eigenvalue weighted by Gasteiger charge is -2.15. The first-order valence-corrected chi connectivity index (χ1v) is 11.4. The molecule has 0 spiro atoms. The average molecular weight is 449 g/mol. The number of para-hydroxylation sites is 1. The van der Waals surface area contributed by atoms with Crippen LogP contribution in [0.3, 0.4) is 0 Å². The van der Waals surface area contributed by atoms with E-state index in [4.69, 9.17) is 4.52 Å². The van der Waals surface area contributed by atoms with Gasteiger partial charge in [0.05, 0.1) is 22.3 Å². The highest BCUT2D eigenvalue weighted by molar-refractivity contribution is 7.99. The summed E-state index contributed by atoms with van der Waals surface area (Å²) < 4.78 is 6.54. The Kier molecular flexibility index (Phi) is 6.41. The maximum absolute atomic E-state index is 13.3. The first-order valence-electron chi connectivity index (χ1n) is 10.4. The molecular weight excluding hydrogens is 424 g/mol. The summed E-state index contributed by atoms with van der Waals surface area (Å²) in [6.07, 6.45) is 1.04. The quantitative estimate of drug-likeness (QED) is 0.319. The van der Waals surface area contributed by atoms with E-state index >= 15 is 0 Å². The number of nitrogens with one attached hydrogen (secondary N) is 1. The number of aromatic nitrogens is 3. The van der Waals surface area contributed by atoms with E-state index in [0.29, 0.717) is 33.6 Å². The summed E-state index contributed by atoms with van der Waals surface area (Å²) in [4.78, 5) is 30.4. The first kappa shape index (κ1) is 21.8. The molecule has 2 heterocycles. The van der Waals surface area contributed by atoms with Crippen LogP contribution in [0.1, 0.15) is 37.5 Å². The molecule has 0 radical (unpaired) electrons. The van der Waals surface area contributed by atoms with Gasteiger partial charge < -0.3 is 9.84 Å². The number of benzene rings is 2. The fourth-order valence-electron chi connectivity index (χ4n) is 3.36. The molecule has 0 aliphatic rings. The topological polar surface area (TPSA) is 90.0 Å². The second-order valence-corrected chi connectivity index (χ2v) is 8.56. The predicted molar refractivity (Wildman–Crippen MR) is 127 cm³/mol. The summed E-state index contributed by atoms with van der Waals surface area (Å²) in [6, 6.07) is 16.8. The zero-order valence-electron chi connectivity index (χ0n) is 18.2. The number of anilines is 1. The molecule has 1 amide bonds. The molecule has 2 aromatic carbocycles. The van der Waals surface area contributed by atoms with Crippen LogP contribution in [0.2, 0.25) is 0 Å². The molecule has 0 saturated carbocycles. The van der Waals surface area contributed by atoms with Crippen molar-refractivity contribution >= 4 is 34.4 Å². The van der Waals surface area contributed by atoms with Crippen molar-refractivity contribution in [2.24, 2.45) is 0 Å². The molecular formula is C24H24N4O3S. The maximum atomic E-state index is 13.3. The summed E-state index contributed by atoms with van der Waals surface area (Å²) >= 11 is 1.20. The van der Waals surface area contributed by atoms with Crippen LogP contribution < -0.4 is 10.9 Å². The Morgan fingerprint density at radius 1 is 1.19 bits per heavy atom. The van der Waals surface area contributed by atoms with Crippen molar-refractivity contribution in [2.75, 3.05) is 11.1 Å². The smallest absolute Gasteiger partial charge is 0.266 e. The minimum Gasteiger partial charge on any atom is -0.360 e. The van der Waals surface area contributed by atoms with E-state index in [-0.39, 0.29) is 17.2 Å².